The Labute approximate surface area is 118 Å². The van der Waals surface area contributed by atoms with Gasteiger partial charge in [-0.1, -0.05) is 13.8 Å². The van der Waals surface area contributed by atoms with E-state index in [0.717, 1.165) is 18.7 Å². The molecule has 20 heavy (non-hydrogen) atoms. The van der Waals surface area contributed by atoms with Gasteiger partial charge in [0.15, 0.2) is 0 Å². The zero-order chi connectivity index (χ0) is 14.5. The highest BCUT2D eigenvalue weighted by molar-refractivity contribution is 5.92. The minimum Gasteiger partial charge on any atom is -0.381 e. The van der Waals surface area contributed by atoms with Crippen LogP contribution in [0.1, 0.15) is 36.5 Å². The fourth-order valence-corrected chi connectivity index (χ4v) is 2.25. The van der Waals surface area contributed by atoms with Gasteiger partial charge >= 0.3 is 5.69 Å². The Morgan fingerprint density at radius 1 is 1.60 bits per heavy atom. The first-order valence-corrected chi connectivity index (χ1v) is 7.00. The van der Waals surface area contributed by atoms with Crippen molar-refractivity contribution in [3.8, 4) is 0 Å². The number of rotatable bonds is 5. The molecule has 0 bridgehead atoms. The molecule has 110 valence electrons. The van der Waals surface area contributed by atoms with Gasteiger partial charge in [0, 0.05) is 24.8 Å². The highest BCUT2D eigenvalue weighted by Gasteiger charge is 2.17. The van der Waals surface area contributed by atoms with Crippen molar-refractivity contribution in [2.24, 2.45) is 11.8 Å². The van der Waals surface area contributed by atoms with Crippen LogP contribution in [0.2, 0.25) is 0 Å². The fourth-order valence-electron chi connectivity index (χ4n) is 2.25. The van der Waals surface area contributed by atoms with Crippen LogP contribution in [0.3, 0.4) is 0 Å². The summed E-state index contributed by atoms with van der Waals surface area (Å²) < 4.78 is 5.26. The summed E-state index contributed by atoms with van der Waals surface area (Å²) in [6.07, 6.45) is 1.68. The third-order valence-corrected chi connectivity index (χ3v) is 3.24. The maximum absolute atomic E-state index is 12.0. The van der Waals surface area contributed by atoms with Crippen LogP contribution in [0.5, 0.6) is 0 Å². The number of hydrogen-bond donors (Lipinski definition) is 2. The van der Waals surface area contributed by atoms with Gasteiger partial charge in [-0.05, 0) is 24.8 Å². The second kappa shape index (κ2) is 6.65. The first-order valence-electron chi connectivity index (χ1n) is 7.00. The van der Waals surface area contributed by atoms with Crippen LogP contribution in [0.4, 0.5) is 0 Å². The largest absolute Gasteiger partial charge is 0.381 e. The van der Waals surface area contributed by atoms with Gasteiger partial charge in [-0.2, -0.15) is 4.98 Å². The Bertz CT molecular complexity index is 519. The minimum absolute atomic E-state index is 0.184. The van der Waals surface area contributed by atoms with E-state index in [-0.39, 0.29) is 11.6 Å². The molecule has 2 N–H and O–H groups in total. The van der Waals surface area contributed by atoms with Crippen molar-refractivity contribution in [1.82, 2.24) is 15.3 Å². The predicted octanol–water partition coefficient (Wildman–Crippen LogP) is 0.735. The number of nitrogens with zero attached hydrogens (tertiary/aromatic N) is 1. The van der Waals surface area contributed by atoms with Crippen molar-refractivity contribution >= 4 is 5.91 Å². The van der Waals surface area contributed by atoms with E-state index in [2.05, 4.69) is 29.1 Å². The second-order valence-corrected chi connectivity index (χ2v) is 5.63. The van der Waals surface area contributed by atoms with Crippen LogP contribution in [0.15, 0.2) is 10.9 Å². The topological polar surface area (TPSA) is 84.1 Å². The molecular formula is C14H21N3O3. The standard InChI is InChI=1S/C14H21N3O3/c1-9(2)5-11-6-12(17-14(19)16-11)13(18)15-7-10-3-4-20-8-10/h6,9-10H,3-5,7-8H2,1-2H3,(H,15,18)(H,16,17,19)/t10-/m1/s1. The molecule has 1 fully saturated rings. The van der Waals surface area contributed by atoms with E-state index in [0.29, 0.717) is 31.4 Å². The quantitative estimate of drug-likeness (QED) is 0.832. The zero-order valence-electron chi connectivity index (χ0n) is 11.9. The Hall–Kier alpha value is -1.69. The average Bonchev–Trinajstić information content (AvgIpc) is 2.87. The highest BCUT2D eigenvalue weighted by atomic mass is 16.5. The second-order valence-electron chi connectivity index (χ2n) is 5.63. The molecule has 6 nitrogen and oxygen atoms in total. The number of carbonyl (C=O) groups is 1. The van der Waals surface area contributed by atoms with E-state index in [4.69, 9.17) is 4.74 Å². The minimum atomic E-state index is -0.475. The third-order valence-electron chi connectivity index (χ3n) is 3.24. The van der Waals surface area contributed by atoms with E-state index in [9.17, 15) is 9.59 Å². The molecule has 1 aliphatic heterocycles. The van der Waals surface area contributed by atoms with Gasteiger partial charge in [-0.15, -0.1) is 0 Å². The Morgan fingerprint density at radius 3 is 3.05 bits per heavy atom. The van der Waals surface area contributed by atoms with Gasteiger partial charge in [0.25, 0.3) is 5.91 Å². The van der Waals surface area contributed by atoms with Gasteiger partial charge in [-0.25, -0.2) is 4.79 Å². The smallest absolute Gasteiger partial charge is 0.345 e. The van der Waals surface area contributed by atoms with Crippen molar-refractivity contribution in [3.63, 3.8) is 0 Å². The summed E-state index contributed by atoms with van der Waals surface area (Å²) in [4.78, 5) is 29.9. The first-order chi connectivity index (χ1) is 9.54. The Morgan fingerprint density at radius 2 is 2.40 bits per heavy atom. The number of carbonyl (C=O) groups excluding carboxylic acids is 1. The molecule has 0 saturated carbocycles. The van der Waals surface area contributed by atoms with Crippen LogP contribution >= 0.6 is 0 Å². The Balaban J connectivity index is 2.00. The van der Waals surface area contributed by atoms with E-state index in [1.165, 1.54) is 0 Å². The lowest BCUT2D eigenvalue weighted by Crippen LogP contribution is -2.32. The summed E-state index contributed by atoms with van der Waals surface area (Å²) in [6.45, 7) is 6.11. The van der Waals surface area contributed by atoms with Gasteiger partial charge in [0.2, 0.25) is 0 Å². The number of ether oxygens (including phenoxy) is 1. The lowest BCUT2D eigenvalue weighted by Gasteiger charge is -2.10. The van der Waals surface area contributed by atoms with Gasteiger partial charge in [0.05, 0.1) is 6.61 Å². The molecule has 1 aromatic rings. The lowest BCUT2D eigenvalue weighted by molar-refractivity contribution is 0.0939. The van der Waals surface area contributed by atoms with Gasteiger partial charge in [0.1, 0.15) is 5.69 Å². The molecule has 6 heteroatoms. The maximum Gasteiger partial charge on any atom is 0.345 e. The summed E-state index contributed by atoms with van der Waals surface area (Å²) in [6, 6.07) is 1.65. The van der Waals surface area contributed by atoms with Crippen molar-refractivity contribution in [2.45, 2.75) is 26.7 Å². The van der Waals surface area contributed by atoms with E-state index >= 15 is 0 Å². The van der Waals surface area contributed by atoms with Crippen LogP contribution in [-0.4, -0.2) is 35.6 Å². The first kappa shape index (κ1) is 14.7. The van der Waals surface area contributed by atoms with E-state index in [1.54, 1.807) is 6.07 Å². The van der Waals surface area contributed by atoms with Crippen molar-refractivity contribution < 1.29 is 9.53 Å². The van der Waals surface area contributed by atoms with Crippen molar-refractivity contribution in [1.29, 1.82) is 0 Å². The summed E-state index contributed by atoms with van der Waals surface area (Å²) in [5.74, 6) is 0.462. The highest BCUT2D eigenvalue weighted by Crippen LogP contribution is 2.11. The summed E-state index contributed by atoms with van der Waals surface area (Å²) in [5.41, 5.74) is 0.454. The van der Waals surface area contributed by atoms with Crippen molar-refractivity contribution in [2.75, 3.05) is 19.8 Å². The number of nitrogens with one attached hydrogen (secondary N) is 2. The fraction of sp³-hybridized carbons (Fsp3) is 0.643. The van der Waals surface area contributed by atoms with Crippen LogP contribution in [-0.2, 0) is 11.2 Å². The third kappa shape index (κ3) is 4.16. The number of aromatic nitrogens is 2. The number of aromatic amines is 1. The van der Waals surface area contributed by atoms with Gasteiger partial charge in [-0.3, -0.25) is 4.79 Å². The summed E-state index contributed by atoms with van der Waals surface area (Å²) >= 11 is 0. The molecule has 1 aromatic heterocycles. The number of amides is 1. The molecule has 1 amide bonds. The molecule has 0 spiro atoms. The molecule has 1 saturated heterocycles. The Kier molecular flexibility index (Phi) is 4.89. The maximum atomic E-state index is 12.0. The zero-order valence-corrected chi connectivity index (χ0v) is 11.9. The molecule has 1 aliphatic rings. The van der Waals surface area contributed by atoms with Crippen LogP contribution < -0.4 is 11.0 Å². The molecule has 0 unspecified atom stereocenters. The molecule has 1 atom stereocenters. The average molecular weight is 279 g/mol. The predicted molar refractivity (Wildman–Crippen MR) is 74.7 cm³/mol. The normalized spacial score (nSPS) is 18.4. The van der Waals surface area contributed by atoms with Crippen LogP contribution in [0, 0.1) is 11.8 Å². The monoisotopic (exact) mass is 279 g/mol. The lowest BCUT2D eigenvalue weighted by atomic mass is 10.1. The molecule has 2 rings (SSSR count). The van der Waals surface area contributed by atoms with Crippen molar-refractivity contribution in [3.05, 3.63) is 27.9 Å². The van der Waals surface area contributed by atoms with E-state index < -0.39 is 5.69 Å². The molecule has 0 aliphatic carbocycles. The SMILES string of the molecule is CC(C)Cc1cc(C(=O)NC[C@H]2CCOC2)nc(=O)[nH]1. The summed E-state index contributed by atoms with van der Waals surface area (Å²) in [5, 5.41) is 2.81. The van der Waals surface area contributed by atoms with E-state index in [1.807, 2.05) is 0 Å². The number of hydrogen-bond acceptors (Lipinski definition) is 4. The molecule has 0 aromatic carbocycles. The van der Waals surface area contributed by atoms with Crippen LogP contribution in [0.25, 0.3) is 0 Å². The molecular weight excluding hydrogens is 258 g/mol. The summed E-state index contributed by atoms with van der Waals surface area (Å²) in [7, 11) is 0. The molecule has 2 heterocycles. The number of H-pyrrole nitrogens is 1. The molecule has 0 radical (unpaired) electrons. The van der Waals surface area contributed by atoms with Gasteiger partial charge < -0.3 is 15.0 Å².